The van der Waals surface area contributed by atoms with Crippen LogP contribution in [-0.4, -0.2) is 26.8 Å². The normalized spacial score (nSPS) is 15.0. The van der Waals surface area contributed by atoms with E-state index in [0.717, 1.165) is 6.07 Å². The first-order chi connectivity index (χ1) is 14.9. The molecular formula is C21H17ClF2N4O2S. The predicted octanol–water partition coefficient (Wildman–Crippen LogP) is 5.42. The Kier molecular flexibility index (Phi) is 6.06. The zero-order valence-corrected chi connectivity index (χ0v) is 18.2. The Morgan fingerprint density at radius 1 is 1.23 bits per heavy atom. The fraction of sp³-hybridized carbons (Fsp3) is 0.238. The van der Waals surface area contributed by atoms with E-state index in [2.05, 4.69) is 15.2 Å². The Bertz CT molecular complexity index is 1160. The zero-order chi connectivity index (χ0) is 22.1. The Morgan fingerprint density at radius 3 is 2.77 bits per heavy atom. The number of fused-ring (bicyclic) bond motifs is 3. The number of hydrogen-bond donors (Lipinski definition) is 0. The number of anilines is 1. The Morgan fingerprint density at radius 2 is 2.03 bits per heavy atom. The number of halogens is 3. The van der Waals surface area contributed by atoms with Gasteiger partial charge in [-0.25, -0.2) is 8.78 Å². The van der Waals surface area contributed by atoms with E-state index < -0.39 is 17.9 Å². The lowest BCUT2D eigenvalue weighted by Gasteiger charge is -2.30. The standard InChI is InChI=1S/C21H17ClF2N4O2S/c1-3-16(29)28-15-9-8-11(22)10-13(15)18-19(25-21(27-26-18)31-4-2)30-20(28)12-6-5-7-14(23)17(12)24/h5-10,20H,3-4H2,1-2H3. The van der Waals surface area contributed by atoms with E-state index in [9.17, 15) is 13.6 Å². The summed E-state index contributed by atoms with van der Waals surface area (Å²) in [5, 5.41) is 9.12. The topological polar surface area (TPSA) is 68.2 Å². The maximum Gasteiger partial charge on any atom is 0.247 e. The molecule has 1 aliphatic rings. The highest BCUT2D eigenvalue weighted by Gasteiger charge is 2.37. The molecule has 0 bridgehead atoms. The zero-order valence-electron chi connectivity index (χ0n) is 16.6. The molecule has 0 saturated heterocycles. The van der Waals surface area contributed by atoms with Crippen LogP contribution < -0.4 is 9.64 Å². The van der Waals surface area contributed by atoms with Crippen molar-refractivity contribution in [3.05, 3.63) is 58.6 Å². The van der Waals surface area contributed by atoms with Crippen molar-refractivity contribution in [3.8, 4) is 17.1 Å². The fourth-order valence-electron chi connectivity index (χ4n) is 3.28. The summed E-state index contributed by atoms with van der Waals surface area (Å²) >= 11 is 7.56. The van der Waals surface area contributed by atoms with E-state index in [-0.39, 0.29) is 29.5 Å². The van der Waals surface area contributed by atoms with Crippen molar-refractivity contribution in [2.24, 2.45) is 0 Å². The van der Waals surface area contributed by atoms with Gasteiger partial charge in [0.15, 0.2) is 17.3 Å². The third-order valence-electron chi connectivity index (χ3n) is 4.66. The van der Waals surface area contributed by atoms with Crippen molar-refractivity contribution in [2.75, 3.05) is 10.7 Å². The van der Waals surface area contributed by atoms with Gasteiger partial charge in [0.05, 0.1) is 11.3 Å². The van der Waals surface area contributed by atoms with E-state index in [4.69, 9.17) is 16.3 Å². The van der Waals surface area contributed by atoms with Crippen LogP contribution in [-0.2, 0) is 4.79 Å². The molecule has 4 rings (SSSR count). The van der Waals surface area contributed by atoms with Crippen molar-refractivity contribution in [2.45, 2.75) is 31.7 Å². The molecule has 1 atom stereocenters. The minimum Gasteiger partial charge on any atom is -0.447 e. The molecule has 2 aromatic carbocycles. The molecule has 0 N–H and O–H groups in total. The van der Waals surface area contributed by atoms with E-state index in [0.29, 0.717) is 27.2 Å². The SMILES string of the molecule is CCSc1nnc2c(n1)OC(c1cccc(F)c1F)N(C(=O)CC)c1ccc(Cl)cc1-2. The number of nitrogens with zero attached hydrogens (tertiary/aromatic N) is 4. The molecule has 0 radical (unpaired) electrons. The first kappa shape index (κ1) is 21.5. The summed E-state index contributed by atoms with van der Waals surface area (Å²) in [6.07, 6.45) is -1.20. The van der Waals surface area contributed by atoms with Crippen LogP contribution in [0.3, 0.4) is 0 Å². The van der Waals surface area contributed by atoms with Crippen molar-refractivity contribution in [1.29, 1.82) is 0 Å². The minimum atomic E-state index is -1.31. The molecule has 1 aliphatic heterocycles. The highest BCUT2D eigenvalue weighted by Crippen LogP contribution is 2.45. The number of ether oxygens (including phenoxy) is 1. The molecule has 6 nitrogen and oxygen atoms in total. The van der Waals surface area contributed by atoms with Gasteiger partial charge in [-0.05, 0) is 30.0 Å². The van der Waals surface area contributed by atoms with E-state index in [1.807, 2.05) is 6.92 Å². The smallest absolute Gasteiger partial charge is 0.247 e. The van der Waals surface area contributed by atoms with Crippen LogP contribution in [0, 0.1) is 11.6 Å². The second-order valence-corrected chi connectivity index (χ2v) is 8.24. The van der Waals surface area contributed by atoms with Crippen LogP contribution in [0.4, 0.5) is 14.5 Å². The Labute approximate surface area is 186 Å². The molecule has 2 heterocycles. The molecule has 160 valence electrons. The van der Waals surface area contributed by atoms with Gasteiger partial charge < -0.3 is 4.74 Å². The second kappa shape index (κ2) is 8.76. The highest BCUT2D eigenvalue weighted by atomic mass is 35.5. The monoisotopic (exact) mass is 462 g/mol. The first-order valence-corrected chi connectivity index (χ1v) is 10.9. The summed E-state index contributed by atoms with van der Waals surface area (Å²) in [5.74, 6) is -1.76. The van der Waals surface area contributed by atoms with Crippen LogP contribution in [0.5, 0.6) is 5.88 Å². The van der Waals surface area contributed by atoms with Gasteiger partial charge in [0.1, 0.15) is 0 Å². The van der Waals surface area contributed by atoms with Gasteiger partial charge in [-0.2, -0.15) is 4.98 Å². The van der Waals surface area contributed by atoms with Crippen LogP contribution in [0.15, 0.2) is 41.6 Å². The summed E-state index contributed by atoms with van der Waals surface area (Å²) < 4.78 is 34.9. The lowest BCUT2D eigenvalue weighted by atomic mass is 10.1. The average Bonchev–Trinajstić information content (AvgIpc) is 2.89. The molecule has 0 saturated carbocycles. The van der Waals surface area contributed by atoms with E-state index in [1.54, 1.807) is 25.1 Å². The first-order valence-electron chi connectivity index (χ1n) is 9.54. The summed E-state index contributed by atoms with van der Waals surface area (Å²) in [7, 11) is 0. The maximum absolute atomic E-state index is 14.8. The number of thioether (sulfide) groups is 1. The highest BCUT2D eigenvalue weighted by molar-refractivity contribution is 7.99. The molecule has 0 spiro atoms. The van der Waals surface area contributed by atoms with Crippen molar-refractivity contribution in [3.63, 3.8) is 0 Å². The van der Waals surface area contributed by atoms with Crippen LogP contribution in [0.25, 0.3) is 11.3 Å². The van der Waals surface area contributed by atoms with Gasteiger partial charge in [-0.15, -0.1) is 10.2 Å². The molecule has 1 amide bonds. The number of benzene rings is 2. The molecule has 10 heteroatoms. The third kappa shape index (κ3) is 3.95. The molecule has 31 heavy (non-hydrogen) atoms. The fourth-order valence-corrected chi connectivity index (χ4v) is 3.96. The Hall–Kier alpha value is -2.78. The molecule has 3 aromatic rings. The lowest BCUT2D eigenvalue weighted by Crippen LogP contribution is -2.37. The Balaban J connectivity index is 2.01. The molecule has 0 aliphatic carbocycles. The summed E-state index contributed by atoms with van der Waals surface area (Å²) in [6.45, 7) is 3.60. The maximum atomic E-state index is 14.8. The average molecular weight is 463 g/mol. The molecule has 0 fully saturated rings. The van der Waals surface area contributed by atoms with Gasteiger partial charge in [0, 0.05) is 17.0 Å². The van der Waals surface area contributed by atoms with Gasteiger partial charge in [-0.3, -0.25) is 9.69 Å². The van der Waals surface area contributed by atoms with E-state index in [1.165, 1.54) is 28.8 Å². The van der Waals surface area contributed by atoms with Gasteiger partial charge in [0.25, 0.3) is 0 Å². The van der Waals surface area contributed by atoms with Gasteiger partial charge >= 0.3 is 0 Å². The number of carbonyl (C=O) groups excluding carboxylic acids is 1. The lowest BCUT2D eigenvalue weighted by molar-refractivity contribution is -0.120. The minimum absolute atomic E-state index is 0.0505. The number of aromatic nitrogens is 3. The molecule has 1 unspecified atom stereocenters. The van der Waals surface area contributed by atoms with Crippen LogP contribution >= 0.6 is 23.4 Å². The number of hydrogen-bond acceptors (Lipinski definition) is 6. The summed E-state index contributed by atoms with van der Waals surface area (Å²) in [5.41, 5.74) is 0.956. The van der Waals surface area contributed by atoms with Gasteiger partial charge in [0.2, 0.25) is 23.2 Å². The number of amides is 1. The number of rotatable bonds is 4. The third-order valence-corrected chi connectivity index (χ3v) is 5.61. The van der Waals surface area contributed by atoms with Crippen molar-refractivity contribution >= 4 is 35.0 Å². The summed E-state index contributed by atoms with van der Waals surface area (Å²) in [6, 6.07) is 8.56. The van der Waals surface area contributed by atoms with Gasteiger partial charge in [-0.1, -0.05) is 49.3 Å². The van der Waals surface area contributed by atoms with Crippen molar-refractivity contribution < 1.29 is 18.3 Å². The van der Waals surface area contributed by atoms with Crippen LogP contribution in [0.1, 0.15) is 32.1 Å². The summed E-state index contributed by atoms with van der Waals surface area (Å²) in [4.78, 5) is 18.7. The second-order valence-electron chi connectivity index (χ2n) is 6.57. The van der Waals surface area contributed by atoms with Crippen molar-refractivity contribution in [1.82, 2.24) is 15.2 Å². The van der Waals surface area contributed by atoms with E-state index >= 15 is 0 Å². The quantitative estimate of drug-likeness (QED) is 0.482. The number of carbonyl (C=O) groups is 1. The predicted molar refractivity (Wildman–Crippen MR) is 114 cm³/mol. The molecular weight excluding hydrogens is 446 g/mol. The largest absolute Gasteiger partial charge is 0.447 e. The van der Waals surface area contributed by atoms with Crippen LogP contribution in [0.2, 0.25) is 5.02 Å². The molecule has 1 aromatic heterocycles.